The van der Waals surface area contributed by atoms with Gasteiger partial charge in [-0.05, 0) is 31.4 Å². The van der Waals surface area contributed by atoms with Crippen LogP contribution in [-0.2, 0) is 6.54 Å². The van der Waals surface area contributed by atoms with Crippen molar-refractivity contribution in [3.8, 4) is 0 Å². The Morgan fingerprint density at radius 1 is 1.31 bits per heavy atom. The lowest BCUT2D eigenvalue weighted by molar-refractivity contribution is 0.487. The Bertz CT molecular complexity index is 341. The molecule has 0 saturated heterocycles. The first-order chi connectivity index (χ1) is 7.66. The van der Waals surface area contributed by atoms with Gasteiger partial charge in [0.15, 0.2) is 0 Å². The van der Waals surface area contributed by atoms with Crippen molar-refractivity contribution in [1.29, 1.82) is 0 Å². The molecule has 1 saturated carbocycles. The molecule has 1 aliphatic rings. The van der Waals surface area contributed by atoms with Crippen LogP contribution in [0.1, 0.15) is 31.7 Å². The monoisotopic (exact) mass is 257 g/mol. The molecule has 1 nitrogen and oxygen atoms in total. The second-order valence-electron chi connectivity index (χ2n) is 4.66. The predicted molar refractivity (Wildman–Crippen MR) is 70.1 cm³/mol. The van der Waals surface area contributed by atoms with Gasteiger partial charge in [0.25, 0.3) is 0 Å². The molecule has 1 aromatic carbocycles. The average Bonchev–Trinajstić information content (AvgIpc) is 3.01. The first-order valence-corrected chi connectivity index (χ1v) is 6.58. The molecule has 1 aromatic rings. The van der Waals surface area contributed by atoms with Crippen LogP contribution < -0.4 is 5.32 Å². The van der Waals surface area contributed by atoms with Crippen LogP contribution in [0.25, 0.3) is 0 Å². The van der Waals surface area contributed by atoms with Gasteiger partial charge in [-0.25, -0.2) is 0 Å². The van der Waals surface area contributed by atoms with Gasteiger partial charge in [-0.3, -0.25) is 0 Å². The van der Waals surface area contributed by atoms with Crippen LogP contribution in [0.4, 0.5) is 0 Å². The van der Waals surface area contributed by atoms with E-state index in [0.29, 0.717) is 6.04 Å². The van der Waals surface area contributed by atoms with Crippen molar-refractivity contribution < 1.29 is 0 Å². The largest absolute Gasteiger partial charge is 0.310 e. The molecule has 88 valence electrons. The summed E-state index contributed by atoms with van der Waals surface area (Å²) in [6, 6.07) is 6.19. The first-order valence-electron chi connectivity index (χ1n) is 5.83. The van der Waals surface area contributed by atoms with Crippen LogP contribution in [0, 0.1) is 5.92 Å². The fraction of sp³-hybridized carbons (Fsp3) is 0.538. The molecule has 0 heterocycles. The van der Waals surface area contributed by atoms with Crippen molar-refractivity contribution in [3.05, 3.63) is 33.8 Å². The zero-order chi connectivity index (χ0) is 11.5. The third-order valence-electron chi connectivity index (χ3n) is 3.07. The summed E-state index contributed by atoms with van der Waals surface area (Å²) in [5.41, 5.74) is 1.01. The van der Waals surface area contributed by atoms with Crippen molar-refractivity contribution >= 4 is 23.2 Å². The van der Waals surface area contributed by atoms with Crippen molar-refractivity contribution in [1.82, 2.24) is 5.32 Å². The van der Waals surface area contributed by atoms with Crippen LogP contribution >= 0.6 is 23.2 Å². The van der Waals surface area contributed by atoms with E-state index in [2.05, 4.69) is 12.2 Å². The molecule has 0 aromatic heterocycles. The van der Waals surface area contributed by atoms with Crippen molar-refractivity contribution in [2.75, 3.05) is 0 Å². The summed E-state index contributed by atoms with van der Waals surface area (Å²) < 4.78 is 0. The molecular formula is C13H17Cl2N. The highest BCUT2D eigenvalue weighted by molar-refractivity contribution is 6.35. The molecule has 0 radical (unpaired) electrons. The average molecular weight is 258 g/mol. The maximum absolute atomic E-state index is 6.11. The minimum Gasteiger partial charge on any atom is -0.310 e. The van der Waals surface area contributed by atoms with Gasteiger partial charge >= 0.3 is 0 Å². The topological polar surface area (TPSA) is 12.0 Å². The smallest absolute Gasteiger partial charge is 0.0465 e. The molecule has 1 fully saturated rings. The summed E-state index contributed by atoms with van der Waals surface area (Å²) in [5, 5.41) is 4.98. The number of rotatable bonds is 5. The van der Waals surface area contributed by atoms with Crippen LogP contribution in [0.2, 0.25) is 10.0 Å². The number of nitrogens with one attached hydrogen (secondary N) is 1. The fourth-order valence-electron chi connectivity index (χ4n) is 1.91. The highest BCUT2D eigenvalue weighted by Gasteiger charge is 2.23. The molecule has 0 amide bonds. The maximum Gasteiger partial charge on any atom is 0.0465 e. The minimum absolute atomic E-state index is 0.542. The molecular weight excluding hydrogens is 241 g/mol. The molecule has 3 heteroatoms. The second-order valence-corrected chi connectivity index (χ2v) is 5.48. The van der Waals surface area contributed by atoms with Crippen LogP contribution in [0.3, 0.4) is 0 Å². The fourth-order valence-corrected chi connectivity index (χ4v) is 2.45. The summed E-state index contributed by atoms with van der Waals surface area (Å²) in [7, 11) is 0. The summed E-state index contributed by atoms with van der Waals surface area (Å²) in [6.45, 7) is 2.98. The quantitative estimate of drug-likeness (QED) is 0.831. The van der Waals surface area contributed by atoms with Crippen molar-refractivity contribution in [2.45, 2.75) is 38.8 Å². The highest BCUT2D eigenvalue weighted by Crippen LogP contribution is 2.33. The lowest BCUT2D eigenvalue weighted by Gasteiger charge is -2.14. The number of halogens is 2. The highest BCUT2D eigenvalue weighted by atomic mass is 35.5. The van der Waals surface area contributed by atoms with Crippen molar-refractivity contribution in [2.24, 2.45) is 5.92 Å². The summed E-state index contributed by atoms with van der Waals surface area (Å²) in [6.07, 6.45) is 4.07. The molecule has 16 heavy (non-hydrogen) atoms. The zero-order valence-electron chi connectivity index (χ0n) is 9.47. The maximum atomic E-state index is 6.11. The third-order valence-corrected chi connectivity index (χ3v) is 3.78. The normalized spacial score (nSPS) is 17.4. The standard InChI is InChI=1S/C13H17Cl2N/c1-9(7-10-5-6-10)16-8-11-12(14)3-2-4-13(11)15/h2-4,9-10,16H,5-8H2,1H3. The lowest BCUT2D eigenvalue weighted by atomic mass is 10.1. The van der Waals surface area contributed by atoms with E-state index >= 15 is 0 Å². The number of hydrogen-bond donors (Lipinski definition) is 1. The summed E-state index contributed by atoms with van der Waals surface area (Å²) in [4.78, 5) is 0. The zero-order valence-corrected chi connectivity index (χ0v) is 11.0. The van der Waals surface area contributed by atoms with Crippen LogP contribution in [-0.4, -0.2) is 6.04 Å². The minimum atomic E-state index is 0.542. The van der Waals surface area contributed by atoms with Gasteiger partial charge in [0.05, 0.1) is 0 Å². The van der Waals surface area contributed by atoms with Gasteiger partial charge in [0.1, 0.15) is 0 Å². The van der Waals surface area contributed by atoms with E-state index in [-0.39, 0.29) is 0 Å². The molecule has 2 rings (SSSR count). The summed E-state index contributed by atoms with van der Waals surface area (Å²) >= 11 is 12.2. The Labute approximate surface area is 107 Å². The van der Waals surface area contributed by atoms with Gasteiger partial charge in [0, 0.05) is 28.2 Å². The van der Waals surface area contributed by atoms with Gasteiger partial charge in [-0.1, -0.05) is 42.1 Å². The SMILES string of the molecule is CC(CC1CC1)NCc1c(Cl)cccc1Cl. The van der Waals surface area contributed by atoms with E-state index < -0.39 is 0 Å². The van der Waals surface area contributed by atoms with Crippen LogP contribution in [0.5, 0.6) is 0 Å². The van der Waals surface area contributed by atoms with Gasteiger partial charge in [-0.2, -0.15) is 0 Å². The Morgan fingerprint density at radius 2 is 1.94 bits per heavy atom. The van der Waals surface area contributed by atoms with Crippen LogP contribution in [0.15, 0.2) is 18.2 Å². The van der Waals surface area contributed by atoms with Gasteiger partial charge in [-0.15, -0.1) is 0 Å². The predicted octanol–water partition coefficient (Wildman–Crippen LogP) is 4.27. The molecule has 1 aliphatic carbocycles. The van der Waals surface area contributed by atoms with E-state index in [4.69, 9.17) is 23.2 Å². The summed E-state index contributed by atoms with van der Waals surface area (Å²) in [5.74, 6) is 0.948. The second kappa shape index (κ2) is 5.39. The third kappa shape index (κ3) is 3.38. The van der Waals surface area contributed by atoms with E-state index in [0.717, 1.165) is 28.1 Å². The molecule has 0 spiro atoms. The molecule has 1 unspecified atom stereocenters. The van der Waals surface area contributed by atoms with Gasteiger partial charge < -0.3 is 5.32 Å². The first kappa shape index (κ1) is 12.2. The Balaban J connectivity index is 1.87. The molecule has 1 N–H and O–H groups in total. The molecule has 0 bridgehead atoms. The molecule has 1 atom stereocenters. The van der Waals surface area contributed by atoms with E-state index in [1.807, 2.05) is 18.2 Å². The number of hydrogen-bond acceptors (Lipinski definition) is 1. The number of benzene rings is 1. The van der Waals surface area contributed by atoms with E-state index in [1.165, 1.54) is 19.3 Å². The van der Waals surface area contributed by atoms with E-state index in [1.54, 1.807) is 0 Å². The van der Waals surface area contributed by atoms with Crippen molar-refractivity contribution in [3.63, 3.8) is 0 Å². The Morgan fingerprint density at radius 3 is 2.50 bits per heavy atom. The lowest BCUT2D eigenvalue weighted by Crippen LogP contribution is -2.26. The molecule has 0 aliphatic heterocycles. The van der Waals surface area contributed by atoms with E-state index in [9.17, 15) is 0 Å². The Kier molecular flexibility index (Phi) is 4.12. The van der Waals surface area contributed by atoms with Gasteiger partial charge in [0.2, 0.25) is 0 Å². The Hall–Kier alpha value is -0.240.